The molecule has 9 heteroatoms. The number of nitrogens with one attached hydrogen (secondary N) is 1. The van der Waals surface area contributed by atoms with E-state index in [1.807, 2.05) is 30.1 Å². The highest BCUT2D eigenvalue weighted by molar-refractivity contribution is 6.10. The van der Waals surface area contributed by atoms with Gasteiger partial charge in [0.1, 0.15) is 6.67 Å². The number of aromatic amines is 1. The van der Waals surface area contributed by atoms with E-state index < -0.39 is 0 Å². The smallest absolute Gasteiger partial charge is 0.251 e. The van der Waals surface area contributed by atoms with E-state index in [2.05, 4.69) is 63.0 Å². The van der Waals surface area contributed by atoms with Crippen LogP contribution in [0.15, 0.2) is 70.1 Å². The topological polar surface area (TPSA) is 106 Å². The van der Waals surface area contributed by atoms with Crippen molar-refractivity contribution < 1.29 is 5.11 Å². The predicted octanol–water partition coefficient (Wildman–Crippen LogP) is 3.97. The van der Waals surface area contributed by atoms with Crippen LogP contribution in [0.2, 0.25) is 0 Å². The second-order valence-corrected chi connectivity index (χ2v) is 8.07. The summed E-state index contributed by atoms with van der Waals surface area (Å²) in [5.41, 5.74) is 5.96. The van der Waals surface area contributed by atoms with Crippen molar-refractivity contribution in [2.24, 2.45) is 10.1 Å². The molecular weight excluding hydrogens is 416 g/mol. The molecule has 3 aromatic rings. The molecule has 2 aliphatic heterocycles. The molecule has 9 nitrogen and oxygen atoms in total. The van der Waals surface area contributed by atoms with Crippen LogP contribution in [0.4, 0.5) is 0 Å². The van der Waals surface area contributed by atoms with E-state index in [1.54, 1.807) is 4.90 Å². The molecule has 0 saturated heterocycles. The molecule has 0 fully saturated rings. The highest BCUT2D eigenvalue weighted by atomic mass is 16.3. The molecule has 2 N–H and O–H groups in total. The van der Waals surface area contributed by atoms with Gasteiger partial charge in [0.2, 0.25) is 5.88 Å². The molecule has 0 atom stereocenters. The van der Waals surface area contributed by atoms with Crippen molar-refractivity contribution in [3.05, 3.63) is 65.6 Å². The number of aromatic nitrogens is 4. The summed E-state index contributed by atoms with van der Waals surface area (Å²) in [5.74, 6) is 1.47. The molecule has 2 aliphatic rings. The number of fused-ring (bicyclic) bond motifs is 1. The lowest BCUT2D eigenvalue weighted by atomic mass is 9.94. The Hall–Kier alpha value is -4.01. The molecule has 168 valence electrons. The average Bonchev–Trinajstić information content (AvgIpc) is 3.52. The molecule has 5 rings (SSSR count). The zero-order valence-corrected chi connectivity index (χ0v) is 18.7. The monoisotopic (exact) mass is 442 g/mol. The third kappa shape index (κ3) is 3.97. The molecule has 0 saturated carbocycles. The van der Waals surface area contributed by atoms with Crippen molar-refractivity contribution >= 4 is 11.7 Å². The van der Waals surface area contributed by atoms with Gasteiger partial charge in [-0.1, -0.05) is 61.9 Å². The summed E-state index contributed by atoms with van der Waals surface area (Å²) < 4.78 is 0. The van der Waals surface area contributed by atoms with E-state index in [9.17, 15) is 5.11 Å². The Morgan fingerprint density at radius 1 is 1.03 bits per heavy atom. The molecule has 0 bridgehead atoms. The quantitative estimate of drug-likeness (QED) is 0.574. The summed E-state index contributed by atoms with van der Waals surface area (Å²) in [6.07, 6.45) is 2.36. The Labute approximate surface area is 192 Å². The number of aliphatic imine (C=N–C) groups is 1. The van der Waals surface area contributed by atoms with Crippen LogP contribution >= 0.6 is 0 Å². The number of tetrazole rings is 1. The predicted molar refractivity (Wildman–Crippen MR) is 127 cm³/mol. The fourth-order valence-corrected chi connectivity index (χ4v) is 4.18. The maximum absolute atomic E-state index is 11.1. The third-order valence-electron chi connectivity index (χ3n) is 5.91. The van der Waals surface area contributed by atoms with Gasteiger partial charge >= 0.3 is 0 Å². The first-order valence-electron chi connectivity index (χ1n) is 11.2. The maximum Gasteiger partial charge on any atom is 0.251 e. The molecule has 0 spiro atoms. The van der Waals surface area contributed by atoms with E-state index in [0.29, 0.717) is 24.9 Å². The summed E-state index contributed by atoms with van der Waals surface area (Å²) in [7, 11) is 0. The number of guanidine groups is 1. The van der Waals surface area contributed by atoms with Crippen LogP contribution in [-0.4, -0.2) is 60.5 Å². The summed E-state index contributed by atoms with van der Waals surface area (Å²) >= 11 is 0. The second-order valence-electron chi connectivity index (χ2n) is 8.07. The Balaban J connectivity index is 1.43. The Morgan fingerprint density at radius 3 is 2.52 bits per heavy atom. The first-order chi connectivity index (χ1) is 16.2. The lowest BCUT2D eigenvalue weighted by Crippen LogP contribution is -2.35. The summed E-state index contributed by atoms with van der Waals surface area (Å²) in [6.45, 7) is 5.46. The first kappa shape index (κ1) is 20.9. The molecule has 0 amide bonds. The number of H-pyrrole nitrogens is 1. The molecule has 33 heavy (non-hydrogen) atoms. The van der Waals surface area contributed by atoms with Crippen LogP contribution < -0.4 is 0 Å². The van der Waals surface area contributed by atoms with E-state index in [1.165, 1.54) is 0 Å². The van der Waals surface area contributed by atoms with E-state index in [-0.39, 0.29) is 5.88 Å². The van der Waals surface area contributed by atoms with Crippen LogP contribution in [0.3, 0.4) is 0 Å². The SMILES string of the molecule is CCCC1=NC2=NN(CC)CN2C(O)=C1Cc1ccc(-c2ccccc2-c2nnn[nH]2)cc1. The van der Waals surface area contributed by atoms with Crippen LogP contribution in [0.1, 0.15) is 32.3 Å². The molecular formula is C24H26N8O. The highest BCUT2D eigenvalue weighted by Crippen LogP contribution is 2.31. The Morgan fingerprint density at radius 2 is 1.82 bits per heavy atom. The van der Waals surface area contributed by atoms with Crippen molar-refractivity contribution in [3.63, 3.8) is 0 Å². The van der Waals surface area contributed by atoms with Gasteiger partial charge in [0.05, 0.1) is 5.71 Å². The molecule has 3 heterocycles. The third-order valence-corrected chi connectivity index (χ3v) is 5.91. The van der Waals surface area contributed by atoms with E-state index >= 15 is 0 Å². The largest absolute Gasteiger partial charge is 0.494 e. The number of hydrogen-bond donors (Lipinski definition) is 2. The van der Waals surface area contributed by atoms with Gasteiger partial charge in [0, 0.05) is 24.1 Å². The van der Waals surface area contributed by atoms with Gasteiger partial charge in [0.15, 0.2) is 5.82 Å². The number of aliphatic hydroxyl groups excluding tert-OH is 1. The van der Waals surface area contributed by atoms with Gasteiger partial charge in [0.25, 0.3) is 5.96 Å². The zero-order valence-electron chi connectivity index (χ0n) is 18.7. The fourth-order valence-electron chi connectivity index (χ4n) is 4.18. The number of allylic oxidation sites excluding steroid dienone is 1. The van der Waals surface area contributed by atoms with Crippen LogP contribution in [-0.2, 0) is 6.42 Å². The van der Waals surface area contributed by atoms with E-state index in [0.717, 1.165) is 52.9 Å². The van der Waals surface area contributed by atoms with Crippen LogP contribution in [0.5, 0.6) is 0 Å². The molecule has 1 aromatic heterocycles. The summed E-state index contributed by atoms with van der Waals surface area (Å²) in [4.78, 5) is 6.56. The number of hydrogen-bond acceptors (Lipinski definition) is 8. The van der Waals surface area contributed by atoms with Crippen molar-refractivity contribution in [2.75, 3.05) is 13.2 Å². The van der Waals surface area contributed by atoms with Gasteiger partial charge < -0.3 is 5.11 Å². The molecule has 2 aromatic carbocycles. The van der Waals surface area contributed by atoms with Crippen LogP contribution in [0.25, 0.3) is 22.5 Å². The summed E-state index contributed by atoms with van der Waals surface area (Å²) in [6, 6.07) is 16.4. The van der Waals surface area contributed by atoms with Crippen molar-refractivity contribution in [1.29, 1.82) is 0 Å². The minimum Gasteiger partial charge on any atom is -0.494 e. The van der Waals surface area contributed by atoms with Gasteiger partial charge in [-0.2, -0.15) is 0 Å². The minimum atomic E-state index is 0.260. The zero-order chi connectivity index (χ0) is 22.8. The minimum absolute atomic E-state index is 0.260. The first-order valence-corrected chi connectivity index (χ1v) is 11.2. The lowest BCUT2D eigenvalue weighted by molar-refractivity contribution is 0.203. The molecule has 0 unspecified atom stereocenters. The number of aliphatic hydroxyl groups is 1. The maximum atomic E-state index is 11.1. The van der Waals surface area contributed by atoms with Crippen molar-refractivity contribution in [3.8, 4) is 22.5 Å². The highest BCUT2D eigenvalue weighted by Gasteiger charge is 2.32. The van der Waals surface area contributed by atoms with Crippen molar-refractivity contribution in [1.82, 2.24) is 30.5 Å². The Kier molecular flexibility index (Phi) is 5.60. The number of nitrogens with zero attached hydrogens (tertiary/aromatic N) is 7. The fraction of sp³-hybridized carbons (Fsp3) is 0.292. The van der Waals surface area contributed by atoms with Gasteiger partial charge in [-0.15, -0.1) is 10.2 Å². The lowest BCUT2D eigenvalue weighted by Gasteiger charge is -2.26. The molecule has 0 aliphatic carbocycles. The summed E-state index contributed by atoms with van der Waals surface area (Å²) in [5, 5.41) is 31.8. The number of hydrazone groups is 1. The molecule has 0 radical (unpaired) electrons. The normalized spacial score (nSPS) is 15.6. The Bertz CT molecular complexity index is 1230. The van der Waals surface area contributed by atoms with E-state index in [4.69, 9.17) is 4.99 Å². The second kappa shape index (κ2) is 8.85. The average molecular weight is 443 g/mol. The number of benzene rings is 2. The number of rotatable bonds is 7. The van der Waals surface area contributed by atoms with Crippen molar-refractivity contribution in [2.45, 2.75) is 33.1 Å². The standard InChI is InChI=1S/C24H26N8O/c1-3-7-21-20(23(33)32-15-31(4-2)28-24(32)25-21)14-16-10-12-17(13-11-16)18-8-5-6-9-19(18)22-26-29-30-27-22/h5-6,8-13,33H,3-4,7,14-15H2,1-2H3,(H,26,27,29,30). The van der Waals surface area contributed by atoms with Gasteiger partial charge in [-0.3, -0.25) is 9.91 Å². The van der Waals surface area contributed by atoms with Gasteiger partial charge in [-0.25, -0.2) is 10.1 Å². The van der Waals surface area contributed by atoms with Gasteiger partial charge in [-0.05, 0) is 40.5 Å². The van der Waals surface area contributed by atoms with Crippen LogP contribution in [0, 0.1) is 0 Å².